The molecule has 0 unspecified atom stereocenters. The maximum absolute atomic E-state index is 13.0. The Morgan fingerprint density at radius 2 is 2.05 bits per heavy atom. The van der Waals surface area contributed by atoms with Crippen LogP contribution < -0.4 is 4.72 Å². The first kappa shape index (κ1) is 14.2. The summed E-state index contributed by atoms with van der Waals surface area (Å²) >= 11 is 0. The predicted octanol–water partition coefficient (Wildman–Crippen LogP) is 1.21. The van der Waals surface area contributed by atoms with E-state index in [0.29, 0.717) is 9.54 Å². The average Bonchev–Trinajstić information content (AvgIpc) is 2.87. The highest BCUT2D eigenvalue weighted by Crippen LogP contribution is 2.08. The molecule has 0 aliphatic heterocycles. The van der Waals surface area contributed by atoms with E-state index < -0.39 is 22.0 Å². The van der Waals surface area contributed by atoms with E-state index >= 15 is 0 Å². The third kappa shape index (κ3) is 3.03. The summed E-state index contributed by atoms with van der Waals surface area (Å²) < 4.78 is 39.7. The van der Waals surface area contributed by atoms with Crippen molar-refractivity contribution in [2.75, 3.05) is 0 Å². The lowest BCUT2D eigenvalue weighted by Crippen LogP contribution is -2.31. The van der Waals surface area contributed by atoms with E-state index in [4.69, 9.17) is 5.11 Å². The molecular weight excluding hydrogens is 287 g/mol. The number of carboxylic acids is 1. The minimum absolute atomic E-state index is 0.142. The van der Waals surface area contributed by atoms with Crippen LogP contribution in [0.25, 0.3) is 0 Å². The van der Waals surface area contributed by atoms with Gasteiger partial charge in [-0.2, -0.15) is 13.1 Å². The number of benzene rings is 1. The van der Waals surface area contributed by atoms with Crippen LogP contribution in [-0.2, 0) is 16.8 Å². The molecule has 0 saturated carbocycles. The third-order valence-electron chi connectivity index (χ3n) is 2.54. The summed E-state index contributed by atoms with van der Waals surface area (Å²) in [7, 11) is -4.04. The molecule has 1 aromatic heterocycles. The van der Waals surface area contributed by atoms with E-state index in [2.05, 4.69) is 4.72 Å². The number of halogens is 1. The van der Waals surface area contributed by atoms with Gasteiger partial charge < -0.3 is 5.11 Å². The van der Waals surface area contributed by atoms with Crippen LogP contribution in [0, 0.1) is 5.82 Å². The number of rotatable bonds is 5. The molecule has 0 bridgehead atoms. The van der Waals surface area contributed by atoms with Gasteiger partial charge in [0.25, 0.3) is 0 Å². The second-order valence-corrected chi connectivity index (χ2v) is 5.58. The van der Waals surface area contributed by atoms with Crippen molar-refractivity contribution in [1.29, 1.82) is 0 Å². The molecule has 1 heterocycles. The minimum Gasteiger partial charge on any atom is -0.477 e. The van der Waals surface area contributed by atoms with Gasteiger partial charge in [0.05, 0.1) is 0 Å². The lowest BCUT2D eigenvalue weighted by Gasteiger charge is -2.09. The van der Waals surface area contributed by atoms with Crippen molar-refractivity contribution < 1.29 is 22.7 Å². The maximum atomic E-state index is 13.0. The van der Waals surface area contributed by atoms with Crippen LogP contribution in [0.5, 0.6) is 0 Å². The number of hydrogen-bond acceptors (Lipinski definition) is 3. The smallest absolute Gasteiger partial charge is 0.353 e. The van der Waals surface area contributed by atoms with Crippen LogP contribution in [0.2, 0.25) is 0 Å². The largest absolute Gasteiger partial charge is 0.477 e. The molecule has 2 N–H and O–H groups in total. The van der Waals surface area contributed by atoms with Crippen molar-refractivity contribution in [1.82, 2.24) is 8.69 Å². The number of nitrogens with one attached hydrogen (secondary N) is 1. The second-order valence-electron chi connectivity index (χ2n) is 3.95. The third-order valence-corrected chi connectivity index (χ3v) is 3.88. The Morgan fingerprint density at radius 3 is 2.70 bits per heavy atom. The molecule has 2 aromatic rings. The van der Waals surface area contributed by atoms with Gasteiger partial charge in [0.15, 0.2) is 0 Å². The first-order valence-electron chi connectivity index (χ1n) is 5.55. The second kappa shape index (κ2) is 5.43. The Kier molecular flexibility index (Phi) is 3.86. The van der Waals surface area contributed by atoms with E-state index in [-0.39, 0.29) is 12.2 Å². The maximum Gasteiger partial charge on any atom is 0.353 e. The average molecular weight is 298 g/mol. The van der Waals surface area contributed by atoms with Crippen molar-refractivity contribution in [3.8, 4) is 0 Å². The Balaban J connectivity index is 2.19. The standard InChI is InChI=1S/C12H11FN2O4S/c13-10-4-1-3-9(7-10)8-14-20(18,19)15-6-2-5-11(15)12(16)17/h1-7,14H,8H2,(H,16,17). The first-order chi connectivity index (χ1) is 9.40. The fourth-order valence-corrected chi connectivity index (χ4v) is 2.75. The molecule has 20 heavy (non-hydrogen) atoms. The Labute approximate surface area is 114 Å². The van der Waals surface area contributed by atoms with Crippen molar-refractivity contribution in [2.24, 2.45) is 0 Å². The van der Waals surface area contributed by atoms with Crippen LogP contribution in [0.3, 0.4) is 0 Å². The summed E-state index contributed by atoms with van der Waals surface area (Å²) in [6, 6.07) is 7.92. The summed E-state index contributed by atoms with van der Waals surface area (Å²) in [6.45, 7) is -0.142. The van der Waals surface area contributed by atoms with E-state index in [9.17, 15) is 17.6 Å². The number of hydrogen-bond donors (Lipinski definition) is 2. The van der Waals surface area contributed by atoms with Gasteiger partial charge in [-0.15, -0.1) is 0 Å². The Bertz CT molecular complexity index is 739. The van der Waals surface area contributed by atoms with Gasteiger partial charge >= 0.3 is 16.2 Å². The molecule has 0 amide bonds. The molecule has 1 aromatic carbocycles. The van der Waals surface area contributed by atoms with Gasteiger partial charge in [-0.05, 0) is 29.8 Å². The summed E-state index contributed by atoms with van der Waals surface area (Å²) in [6.07, 6.45) is 1.12. The number of carboxylic acid groups (broad SMARTS) is 1. The summed E-state index contributed by atoms with van der Waals surface area (Å²) in [4.78, 5) is 10.9. The topological polar surface area (TPSA) is 88.4 Å². The van der Waals surface area contributed by atoms with Gasteiger partial charge in [0, 0.05) is 12.7 Å². The van der Waals surface area contributed by atoms with Gasteiger partial charge in [-0.3, -0.25) is 0 Å². The molecule has 0 atom stereocenters. The number of aromatic nitrogens is 1. The highest BCUT2D eigenvalue weighted by molar-refractivity contribution is 7.88. The van der Waals surface area contributed by atoms with Crippen LogP contribution in [-0.4, -0.2) is 23.5 Å². The van der Waals surface area contributed by atoms with Crippen molar-refractivity contribution in [2.45, 2.75) is 6.54 Å². The summed E-state index contributed by atoms with van der Waals surface area (Å²) in [5.74, 6) is -1.83. The van der Waals surface area contributed by atoms with Crippen LogP contribution in [0.15, 0.2) is 42.6 Å². The number of carbonyl (C=O) groups is 1. The van der Waals surface area contributed by atoms with E-state index in [0.717, 1.165) is 6.20 Å². The molecule has 0 saturated heterocycles. The zero-order valence-electron chi connectivity index (χ0n) is 10.2. The fourth-order valence-electron chi connectivity index (χ4n) is 1.63. The Hall–Kier alpha value is -2.19. The lowest BCUT2D eigenvalue weighted by atomic mass is 10.2. The van der Waals surface area contributed by atoms with E-state index in [1.807, 2.05) is 0 Å². The quantitative estimate of drug-likeness (QED) is 0.868. The number of nitrogens with zero attached hydrogens (tertiary/aromatic N) is 1. The molecule has 0 spiro atoms. The van der Waals surface area contributed by atoms with Gasteiger partial charge in [-0.25, -0.2) is 13.2 Å². The molecule has 0 radical (unpaired) electrons. The Morgan fingerprint density at radius 1 is 1.30 bits per heavy atom. The van der Waals surface area contributed by atoms with Gasteiger partial charge in [-0.1, -0.05) is 12.1 Å². The molecule has 0 aliphatic rings. The molecular formula is C12H11FN2O4S. The molecule has 2 rings (SSSR count). The van der Waals surface area contributed by atoms with Crippen molar-refractivity contribution in [3.63, 3.8) is 0 Å². The highest BCUT2D eigenvalue weighted by atomic mass is 32.2. The zero-order valence-corrected chi connectivity index (χ0v) is 11.0. The summed E-state index contributed by atoms with van der Waals surface area (Å²) in [5, 5.41) is 8.88. The van der Waals surface area contributed by atoms with Crippen LogP contribution in [0.1, 0.15) is 16.1 Å². The zero-order chi connectivity index (χ0) is 14.8. The molecule has 106 valence electrons. The highest BCUT2D eigenvalue weighted by Gasteiger charge is 2.19. The van der Waals surface area contributed by atoms with Gasteiger partial charge in [0.1, 0.15) is 11.5 Å². The van der Waals surface area contributed by atoms with Crippen molar-refractivity contribution >= 4 is 16.2 Å². The first-order valence-corrected chi connectivity index (χ1v) is 6.99. The normalized spacial score (nSPS) is 11.4. The molecule has 6 nitrogen and oxygen atoms in total. The predicted molar refractivity (Wildman–Crippen MR) is 68.9 cm³/mol. The van der Waals surface area contributed by atoms with Crippen LogP contribution in [0.4, 0.5) is 4.39 Å². The fraction of sp³-hybridized carbons (Fsp3) is 0.0833. The van der Waals surface area contributed by atoms with Gasteiger partial charge in [0.2, 0.25) is 0 Å². The van der Waals surface area contributed by atoms with Crippen molar-refractivity contribution in [3.05, 3.63) is 59.7 Å². The lowest BCUT2D eigenvalue weighted by molar-refractivity contribution is 0.0689. The summed E-state index contributed by atoms with van der Waals surface area (Å²) in [5.41, 5.74) is 0.0503. The molecule has 0 aliphatic carbocycles. The SMILES string of the molecule is O=C(O)c1cccn1S(=O)(=O)NCc1cccc(F)c1. The van der Waals surface area contributed by atoms with Crippen LogP contribution >= 0.6 is 0 Å². The van der Waals surface area contributed by atoms with E-state index in [1.54, 1.807) is 6.07 Å². The molecule has 0 fully saturated rings. The van der Waals surface area contributed by atoms with E-state index in [1.165, 1.54) is 30.3 Å². The number of aromatic carboxylic acids is 1. The monoisotopic (exact) mass is 298 g/mol. The molecule has 8 heteroatoms. The minimum atomic E-state index is -4.04.